The minimum absolute atomic E-state index is 0.0278. The second-order valence-electron chi connectivity index (χ2n) is 8.95. The molecule has 2 N–H and O–H groups in total. The Labute approximate surface area is 210 Å². The summed E-state index contributed by atoms with van der Waals surface area (Å²) in [5.41, 5.74) is 1.93. The number of nitrogens with one attached hydrogen (secondary N) is 2. The molecule has 1 saturated heterocycles. The molecule has 37 heavy (non-hydrogen) atoms. The van der Waals surface area contributed by atoms with Crippen molar-refractivity contribution in [1.29, 1.82) is 0 Å². The number of methoxy groups -OCH3 is 1. The predicted molar refractivity (Wildman–Crippen MR) is 131 cm³/mol. The number of nitrogens with zero attached hydrogens (tertiary/aromatic N) is 2. The molecular formula is C26H24N4O7. The molecule has 2 aliphatic rings. The Morgan fingerprint density at radius 3 is 2.78 bits per heavy atom. The summed E-state index contributed by atoms with van der Waals surface area (Å²) in [7, 11) is 1.28. The van der Waals surface area contributed by atoms with Crippen LogP contribution >= 0.6 is 0 Å². The van der Waals surface area contributed by atoms with Crippen LogP contribution in [-0.2, 0) is 32.0 Å². The number of amides is 3. The van der Waals surface area contributed by atoms with E-state index in [1.165, 1.54) is 11.7 Å². The number of imide groups is 1. The van der Waals surface area contributed by atoms with Crippen LogP contribution < -0.4 is 20.9 Å². The number of ether oxygens (including phenoxy) is 2. The molecule has 0 radical (unpaired) electrons. The third-order valence-corrected chi connectivity index (χ3v) is 6.52. The molecule has 2 aromatic carbocycles. The van der Waals surface area contributed by atoms with Gasteiger partial charge in [-0.05, 0) is 42.7 Å². The van der Waals surface area contributed by atoms with Crippen LogP contribution in [0.5, 0.6) is 5.75 Å². The number of hydrogen-bond donors (Lipinski definition) is 2. The van der Waals surface area contributed by atoms with Gasteiger partial charge in [0.25, 0.3) is 5.56 Å². The lowest BCUT2D eigenvalue weighted by atomic mass is 10.0. The summed E-state index contributed by atoms with van der Waals surface area (Å²) in [6.45, 7) is 2.05. The van der Waals surface area contributed by atoms with Crippen LogP contribution in [0.3, 0.4) is 0 Å². The van der Waals surface area contributed by atoms with Crippen LogP contribution in [0, 0.1) is 6.92 Å². The van der Waals surface area contributed by atoms with Crippen molar-refractivity contribution < 1.29 is 28.7 Å². The number of rotatable bonds is 5. The van der Waals surface area contributed by atoms with Crippen LogP contribution in [0.2, 0.25) is 0 Å². The fourth-order valence-corrected chi connectivity index (χ4v) is 4.84. The van der Waals surface area contributed by atoms with Gasteiger partial charge >= 0.3 is 5.97 Å². The molecule has 3 amide bonds. The summed E-state index contributed by atoms with van der Waals surface area (Å²) in [5.74, 6) is -1.05. The average molecular weight is 504 g/mol. The van der Waals surface area contributed by atoms with Gasteiger partial charge in [-0.3, -0.25) is 29.1 Å². The number of hydrogen-bond acceptors (Lipinski definition) is 8. The van der Waals surface area contributed by atoms with Crippen molar-refractivity contribution in [2.75, 3.05) is 19.0 Å². The molecule has 0 bridgehead atoms. The van der Waals surface area contributed by atoms with Gasteiger partial charge in [-0.2, -0.15) is 0 Å². The van der Waals surface area contributed by atoms with E-state index >= 15 is 0 Å². The van der Waals surface area contributed by atoms with Crippen LogP contribution in [0.25, 0.3) is 10.9 Å². The van der Waals surface area contributed by atoms with Gasteiger partial charge in [0.05, 0.1) is 31.2 Å². The summed E-state index contributed by atoms with van der Waals surface area (Å²) in [6.07, 6.45) is 0.929. The third kappa shape index (κ3) is 4.44. The number of piperidine rings is 1. The topological polar surface area (TPSA) is 146 Å². The van der Waals surface area contributed by atoms with Crippen molar-refractivity contribution >= 4 is 40.3 Å². The van der Waals surface area contributed by atoms with Gasteiger partial charge in [-0.1, -0.05) is 12.1 Å². The van der Waals surface area contributed by atoms with Crippen molar-refractivity contribution in [3.8, 4) is 5.75 Å². The smallest absolute Gasteiger partial charge is 0.341 e. The van der Waals surface area contributed by atoms with Gasteiger partial charge in [0, 0.05) is 12.8 Å². The lowest BCUT2D eigenvalue weighted by molar-refractivity contribution is -0.135. The van der Waals surface area contributed by atoms with Crippen LogP contribution in [0.15, 0.2) is 35.1 Å². The molecule has 11 heteroatoms. The summed E-state index contributed by atoms with van der Waals surface area (Å²) in [6, 6.07) is 7.41. The highest BCUT2D eigenvalue weighted by molar-refractivity contribution is 6.02. The first-order valence-corrected chi connectivity index (χ1v) is 11.8. The number of esters is 1. The van der Waals surface area contributed by atoms with Crippen molar-refractivity contribution in [2.24, 2.45) is 0 Å². The molecule has 0 spiro atoms. The molecule has 190 valence electrons. The fraction of sp³-hybridized carbons (Fsp3) is 0.308. The SMILES string of the molecule is COC(=O)c1cc(CC(=O)Nc2cccc3c(=O)n(C4CCC(=O)NC4=O)c(C)nc23)cc2c1OCC2. The lowest BCUT2D eigenvalue weighted by Gasteiger charge is -2.24. The number of aromatic nitrogens is 2. The minimum atomic E-state index is -0.840. The van der Waals surface area contributed by atoms with Crippen molar-refractivity contribution in [2.45, 2.75) is 38.6 Å². The van der Waals surface area contributed by atoms with Gasteiger partial charge in [0.15, 0.2) is 0 Å². The zero-order valence-corrected chi connectivity index (χ0v) is 20.3. The Kier molecular flexibility index (Phi) is 6.20. The largest absolute Gasteiger partial charge is 0.492 e. The van der Waals surface area contributed by atoms with E-state index in [9.17, 15) is 24.0 Å². The molecule has 1 atom stereocenters. The normalized spacial score (nSPS) is 16.6. The van der Waals surface area contributed by atoms with E-state index in [0.29, 0.717) is 35.5 Å². The number of carbonyl (C=O) groups is 4. The third-order valence-electron chi connectivity index (χ3n) is 6.52. The van der Waals surface area contributed by atoms with E-state index in [1.807, 2.05) is 6.07 Å². The number of anilines is 1. The fourth-order valence-electron chi connectivity index (χ4n) is 4.84. The van der Waals surface area contributed by atoms with Gasteiger partial charge in [0.1, 0.15) is 28.7 Å². The van der Waals surface area contributed by atoms with Gasteiger partial charge in [-0.15, -0.1) is 0 Å². The molecule has 3 heterocycles. The Balaban J connectivity index is 1.44. The molecule has 5 rings (SSSR count). The van der Waals surface area contributed by atoms with E-state index in [1.54, 1.807) is 31.2 Å². The molecular weight excluding hydrogens is 480 g/mol. The van der Waals surface area contributed by atoms with Crippen molar-refractivity contribution in [3.05, 3.63) is 63.2 Å². The van der Waals surface area contributed by atoms with Crippen molar-refractivity contribution in [1.82, 2.24) is 14.9 Å². The van der Waals surface area contributed by atoms with Gasteiger partial charge < -0.3 is 14.8 Å². The Hall–Kier alpha value is -4.54. The first-order chi connectivity index (χ1) is 17.8. The Morgan fingerprint density at radius 1 is 1.22 bits per heavy atom. The second-order valence-corrected chi connectivity index (χ2v) is 8.95. The number of fused-ring (bicyclic) bond motifs is 2. The Morgan fingerprint density at radius 2 is 2.03 bits per heavy atom. The minimum Gasteiger partial charge on any atom is -0.492 e. The average Bonchev–Trinajstić information content (AvgIpc) is 3.33. The van der Waals surface area contributed by atoms with Gasteiger partial charge in [-0.25, -0.2) is 9.78 Å². The Bertz CT molecular complexity index is 1540. The van der Waals surface area contributed by atoms with E-state index in [0.717, 1.165) is 5.56 Å². The standard InChI is InChI=1S/C26H24N4O7/c1-13-27-22-16(25(34)30(13)19-6-7-20(31)29-24(19)33)4-3-5-18(22)28-21(32)12-14-10-15-8-9-37-23(15)17(11-14)26(35)36-2/h3-5,10-11,19H,6-9,12H2,1-2H3,(H,28,32)(H,29,31,33). The number of benzene rings is 2. The molecule has 3 aromatic rings. The van der Waals surface area contributed by atoms with E-state index < -0.39 is 23.5 Å². The van der Waals surface area contributed by atoms with Gasteiger partial charge in [0.2, 0.25) is 17.7 Å². The molecule has 1 aromatic heterocycles. The van der Waals surface area contributed by atoms with E-state index in [4.69, 9.17) is 9.47 Å². The highest BCUT2D eigenvalue weighted by atomic mass is 16.5. The number of para-hydroxylation sites is 1. The second kappa shape index (κ2) is 9.49. The van der Waals surface area contributed by atoms with Crippen LogP contribution in [0.1, 0.15) is 46.2 Å². The summed E-state index contributed by atoms with van der Waals surface area (Å²) in [5, 5.41) is 5.30. The molecule has 0 aliphatic carbocycles. The summed E-state index contributed by atoms with van der Waals surface area (Å²) in [4.78, 5) is 66.9. The first kappa shape index (κ1) is 24.2. The highest BCUT2D eigenvalue weighted by Gasteiger charge is 2.31. The van der Waals surface area contributed by atoms with Crippen LogP contribution in [0.4, 0.5) is 5.69 Å². The highest BCUT2D eigenvalue weighted by Crippen LogP contribution is 2.32. The number of carbonyl (C=O) groups excluding carboxylic acids is 4. The maximum absolute atomic E-state index is 13.3. The molecule has 2 aliphatic heterocycles. The zero-order chi connectivity index (χ0) is 26.3. The van der Waals surface area contributed by atoms with Crippen molar-refractivity contribution in [3.63, 3.8) is 0 Å². The van der Waals surface area contributed by atoms with E-state index in [2.05, 4.69) is 15.6 Å². The quantitative estimate of drug-likeness (QED) is 0.394. The zero-order valence-electron chi connectivity index (χ0n) is 20.3. The molecule has 1 fully saturated rings. The number of aryl methyl sites for hydroxylation is 1. The first-order valence-electron chi connectivity index (χ1n) is 11.8. The van der Waals surface area contributed by atoms with Crippen LogP contribution in [-0.4, -0.2) is 47.0 Å². The summed E-state index contributed by atoms with van der Waals surface area (Å²) < 4.78 is 11.7. The monoisotopic (exact) mass is 504 g/mol. The predicted octanol–water partition coefficient (Wildman–Crippen LogP) is 1.59. The maximum atomic E-state index is 13.3. The molecule has 0 saturated carbocycles. The molecule has 11 nitrogen and oxygen atoms in total. The molecule has 1 unspecified atom stereocenters. The lowest BCUT2D eigenvalue weighted by Crippen LogP contribution is -2.45. The van der Waals surface area contributed by atoms with E-state index in [-0.39, 0.29) is 47.9 Å². The summed E-state index contributed by atoms with van der Waals surface area (Å²) >= 11 is 0. The maximum Gasteiger partial charge on any atom is 0.341 e.